The number of rotatable bonds is 5. The van der Waals surface area contributed by atoms with Gasteiger partial charge in [-0.25, -0.2) is 9.18 Å². The Labute approximate surface area is 183 Å². The number of nitrogens with zero attached hydrogens (tertiary/aromatic N) is 5. The monoisotopic (exact) mass is 441 g/mol. The van der Waals surface area contributed by atoms with Crippen molar-refractivity contribution >= 4 is 34.1 Å². The summed E-state index contributed by atoms with van der Waals surface area (Å²) in [7, 11) is 0. The number of aromatic nitrogens is 4. The molecule has 5 rings (SSSR count). The molecule has 0 saturated carbocycles. The van der Waals surface area contributed by atoms with Gasteiger partial charge in [-0.15, -0.1) is 20.4 Å². The molecule has 2 fully saturated rings. The van der Waals surface area contributed by atoms with Gasteiger partial charge in [-0.05, 0) is 56.9 Å². The summed E-state index contributed by atoms with van der Waals surface area (Å²) in [6, 6.07) is 8.18. The average molecular weight is 442 g/mol. The summed E-state index contributed by atoms with van der Waals surface area (Å²) < 4.78 is 12.5. The van der Waals surface area contributed by atoms with E-state index in [1.807, 2.05) is 36.1 Å². The number of anilines is 1. The zero-order valence-corrected chi connectivity index (χ0v) is 18.0. The second-order valence-corrected chi connectivity index (χ2v) is 9.34. The number of amides is 2. The molecule has 0 aliphatic carbocycles. The van der Waals surface area contributed by atoms with Crippen LogP contribution in [0.1, 0.15) is 30.7 Å². The zero-order chi connectivity index (χ0) is 21.4. The summed E-state index contributed by atoms with van der Waals surface area (Å²) in [6.07, 6.45) is 3.69. The SMILES string of the molecule is Cc1nnc(-c2ccc3nnc(NC(=O)N4[C@@H]5CC[C@H]4C[C@@H](NCCF)C5)cc3c2)s1. The van der Waals surface area contributed by atoms with Crippen LogP contribution in [0.2, 0.25) is 0 Å². The van der Waals surface area contributed by atoms with Gasteiger partial charge >= 0.3 is 6.03 Å². The number of hydrogen-bond donors (Lipinski definition) is 2. The number of piperidine rings is 1. The quantitative estimate of drug-likeness (QED) is 0.629. The van der Waals surface area contributed by atoms with Crippen LogP contribution >= 0.6 is 11.3 Å². The van der Waals surface area contributed by atoms with Crippen molar-refractivity contribution in [3.05, 3.63) is 29.3 Å². The summed E-state index contributed by atoms with van der Waals surface area (Å²) in [5.74, 6) is 0.431. The molecule has 2 aromatic heterocycles. The molecule has 3 atom stereocenters. The van der Waals surface area contributed by atoms with Crippen LogP contribution in [0, 0.1) is 6.92 Å². The first kappa shape index (κ1) is 20.2. The molecule has 0 unspecified atom stereocenters. The summed E-state index contributed by atoms with van der Waals surface area (Å²) in [4.78, 5) is 15.0. The summed E-state index contributed by atoms with van der Waals surface area (Å²) >= 11 is 1.53. The lowest BCUT2D eigenvalue weighted by Gasteiger charge is -2.39. The lowest BCUT2D eigenvalue weighted by molar-refractivity contribution is 0.141. The molecule has 2 aliphatic rings. The average Bonchev–Trinajstić information content (AvgIpc) is 3.32. The third kappa shape index (κ3) is 4.09. The third-order valence-corrected chi connectivity index (χ3v) is 6.98. The molecule has 3 aromatic rings. The smallest absolute Gasteiger partial charge is 0.318 e. The van der Waals surface area contributed by atoms with E-state index >= 15 is 0 Å². The minimum absolute atomic E-state index is 0.138. The normalized spacial score (nSPS) is 22.8. The second kappa shape index (κ2) is 8.43. The Hall–Kier alpha value is -2.72. The van der Waals surface area contributed by atoms with Crippen molar-refractivity contribution in [3.8, 4) is 10.6 Å². The van der Waals surface area contributed by atoms with Crippen LogP contribution in [-0.2, 0) is 0 Å². The van der Waals surface area contributed by atoms with Crippen LogP contribution in [0.3, 0.4) is 0 Å². The predicted molar refractivity (Wildman–Crippen MR) is 118 cm³/mol. The van der Waals surface area contributed by atoms with Crippen molar-refractivity contribution in [1.82, 2.24) is 30.6 Å². The molecule has 2 bridgehead atoms. The number of aryl methyl sites for hydroxylation is 1. The largest absolute Gasteiger partial charge is 0.323 e. The first-order valence-corrected chi connectivity index (χ1v) is 11.4. The van der Waals surface area contributed by atoms with E-state index in [0.29, 0.717) is 12.4 Å². The van der Waals surface area contributed by atoms with Crippen LogP contribution in [0.4, 0.5) is 15.0 Å². The number of hydrogen-bond acceptors (Lipinski definition) is 7. The lowest BCUT2D eigenvalue weighted by Crippen LogP contribution is -2.53. The fourth-order valence-electron chi connectivity index (χ4n) is 4.76. The number of carbonyl (C=O) groups excluding carboxylic acids is 1. The molecule has 2 N–H and O–H groups in total. The maximum absolute atomic E-state index is 13.0. The molecule has 1 aromatic carbocycles. The molecular weight excluding hydrogens is 417 g/mol. The standard InChI is InChI=1S/C21H24FN7OS/c1-12-25-28-20(31-12)13-2-5-18-14(8-13)9-19(27-26-18)24-21(30)29-16-3-4-17(29)11-15(10-16)23-7-6-22/h2,5,8-9,15-17,23H,3-4,6-7,10-11H2,1H3,(H,24,27,30)/t15-,16+,17-. The van der Waals surface area contributed by atoms with E-state index in [2.05, 4.69) is 31.0 Å². The van der Waals surface area contributed by atoms with Crippen molar-refractivity contribution in [2.45, 2.75) is 50.7 Å². The van der Waals surface area contributed by atoms with Gasteiger partial charge in [0.15, 0.2) is 5.82 Å². The van der Waals surface area contributed by atoms with Crippen molar-refractivity contribution < 1.29 is 9.18 Å². The Morgan fingerprint density at radius 1 is 1.16 bits per heavy atom. The van der Waals surface area contributed by atoms with E-state index in [-0.39, 0.29) is 30.8 Å². The Morgan fingerprint density at radius 2 is 1.97 bits per heavy atom. The third-order valence-electron chi connectivity index (χ3n) is 6.09. The number of nitrogens with one attached hydrogen (secondary N) is 2. The number of benzene rings is 1. The number of alkyl halides is 1. The molecule has 10 heteroatoms. The first-order valence-electron chi connectivity index (χ1n) is 10.6. The summed E-state index contributed by atoms with van der Waals surface area (Å²) in [5, 5.41) is 25.6. The van der Waals surface area contributed by atoms with Gasteiger partial charge in [-0.1, -0.05) is 11.3 Å². The Morgan fingerprint density at radius 3 is 2.68 bits per heavy atom. The van der Waals surface area contributed by atoms with E-state index in [4.69, 9.17) is 0 Å². The fraction of sp³-hybridized carbons (Fsp3) is 0.476. The zero-order valence-electron chi connectivity index (χ0n) is 17.2. The van der Waals surface area contributed by atoms with Crippen LogP contribution in [0.15, 0.2) is 24.3 Å². The molecule has 0 spiro atoms. The van der Waals surface area contributed by atoms with Gasteiger partial charge in [0.2, 0.25) is 0 Å². The van der Waals surface area contributed by atoms with Gasteiger partial charge in [0.25, 0.3) is 0 Å². The van der Waals surface area contributed by atoms with Crippen LogP contribution < -0.4 is 10.6 Å². The highest BCUT2D eigenvalue weighted by Crippen LogP contribution is 2.36. The first-order chi connectivity index (χ1) is 15.1. The molecule has 162 valence electrons. The Bertz CT molecular complexity index is 1090. The predicted octanol–water partition coefficient (Wildman–Crippen LogP) is 3.54. The molecule has 2 amide bonds. The maximum Gasteiger partial charge on any atom is 0.323 e. The molecule has 4 heterocycles. The van der Waals surface area contributed by atoms with Crippen molar-refractivity contribution in [2.75, 3.05) is 18.5 Å². The minimum Gasteiger partial charge on any atom is -0.318 e. The molecule has 2 aliphatic heterocycles. The molecule has 2 saturated heterocycles. The highest BCUT2D eigenvalue weighted by atomic mass is 32.1. The number of fused-ring (bicyclic) bond motifs is 3. The van der Waals surface area contributed by atoms with E-state index in [1.54, 1.807) is 0 Å². The van der Waals surface area contributed by atoms with Gasteiger partial charge in [0.1, 0.15) is 16.7 Å². The highest BCUT2D eigenvalue weighted by molar-refractivity contribution is 7.14. The van der Waals surface area contributed by atoms with Gasteiger partial charge in [-0.3, -0.25) is 5.32 Å². The van der Waals surface area contributed by atoms with E-state index in [1.165, 1.54) is 11.3 Å². The van der Waals surface area contributed by atoms with Crippen molar-refractivity contribution in [2.24, 2.45) is 0 Å². The number of halogens is 1. The lowest BCUT2D eigenvalue weighted by atomic mass is 9.97. The molecular formula is C21H24FN7OS. The summed E-state index contributed by atoms with van der Waals surface area (Å²) in [5.41, 5.74) is 1.71. The summed E-state index contributed by atoms with van der Waals surface area (Å²) in [6.45, 7) is 1.94. The van der Waals surface area contributed by atoms with E-state index in [0.717, 1.165) is 52.2 Å². The second-order valence-electron chi connectivity index (χ2n) is 8.16. The van der Waals surface area contributed by atoms with Gasteiger partial charge < -0.3 is 10.2 Å². The minimum atomic E-state index is -0.364. The Kier molecular flexibility index (Phi) is 5.49. The van der Waals surface area contributed by atoms with Crippen LogP contribution in [0.5, 0.6) is 0 Å². The van der Waals surface area contributed by atoms with Crippen LogP contribution in [0.25, 0.3) is 21.5 Å². The Balaban J connectivity index is 1.31. The molecule has 0 radical (unpaired) electrons. The van der Waals surface area contributed by atoms with Gasteiger partial charge in [-0.2, -0.15) is 0 Å². The van der Waals surface area contributed by atoms with E-state index < -0.39 is 0 Å². The topological polar surface area (TPSA) is 95.9 Å². The highest BCUT2D eigenvalue weighted by Gasteiger charge is 2.43. The van der Waals surface area contributed by atoms with E-state index in [9.17, 15) is 9.18 Å². The van der Waals surface area contributed by atoms with Crippen molar-refractivity contribution in [3.63, 3.8) is 0 Å². The fourth-order valence-corrected chi connectivity index (χ4v) is 5.45. The van der Waals surface area contributed by atoms with Gasteiger partial charge in [0, 0.05) is 35.6 Å². The van der Waals surface area contributed by atoms with Gasteiger partial charge in [0.05, 0.1) is 5.52 Å². The molecule has 31 heavy (non-hydrogen) atoms. The van der Waals surface area contributed by atoms with Crippen LogP contribution in [-0.4, -0.2) is 62.7 Å². The number of carbonyl (C=O) groups is 1. The maximum atomic E-state index is 13.0. The molecule has 8 nitrogen and oxygen atoms in total. The number of urea groups is 1. The van der Waals surface area contributed by atoms with Crippen molar-refractivity contribution in [1.29, 1.82) is 0 Å².